The Bertz CT molecular complexity index is 832. The van der Waals surface area contributed by atoms with E-state index >= 15 is 0 Å². The minimum Gasteiger partial charge on any atom is -0.504 e. The fourth-order valence-corrected chi connectivity index (χ4v) is 1.84. The van der Waals surface area contributed by atoms with E-state index in [0.717, 1.165) is 0 Å². The van der Waals surface area contributed by atoms with Gasteiger partial charge >= 0.3 is 0 Å². The molecule has 0 heterocycles. The van der Waals surface area contributed by atoms with Gasteiger partial charge in [0.05, 0.1) is 0 Å². The Hall–Kier alpha value is -3.47. The molecule has 5 heteroatoms. The quantitative estimate of drug-likeness (QED) is 0.384. The van der Waals surface area contributed by atoms with Crippen molar-refractivity contribution in [3.05, 3.63) is 71.8 Å². The van der Waals surface area contributed by atoms with Crippen LogP contribution in [0.3, 0.4) is 0 Å². The largest absolute Gasteiger partial charge is 0.504 e. The third-order valence-corrected chi connectivity index (χ3v) is 3.10. The van der Waals surface area contributed by atoms with Crippen LogP contribution >= 0.6 is 0 Å². The van der Waals surface area contributed by atoms with Gasteiger partial charge in [-0.25, -0.2) is 0 Å². The van der Waals surface area contributed by atoms with E-state index in [1.54, 1.807) is 30.4 Å². The first kappa shape index (κ1) is 16.9. The smallest absolute Gasteiger partial charge is 0.178 e. The zero-order valence-electron chi connectivity index (χ0n) is 12.6. The van der Waals surface area contributed by atoms with Crippen molar-refractivity contribution in [2.45, 2.75) is 0 Å². The molecule has 2 aromatic rings. The van der Waals surface area contributed by atoms with Crippen molar-refractivity contribution >= 4 is 17.9 Å². The molecule has 122 valence electrons. The number of ketones is 1. The Kier molecular flexibility index (Phi) is 5.41. The van der Waals surface area contributed by atoms with Crippen molar-refractivity contribution in [1.82, 2.24) is 0 Å². The third kappa shape index (κ3) is 4.78. The lowest BCUT2D eigenvalue weighted by atomic mass is 10.1. The van der Waals surface area contributed by atoms with Crippen molar-refractivity contribution in [1.29, 1.82) is 0 Å². The summed E-state index contributed by atoms with van der Waals surface area (Å²) in [6, 6.07) is 8.65. The zero-order valence-corrected chi connectivity index (χ0v) is 12.6. The van der Waals surface area contributed by atoms with E-state index in [-0.39, 0.29) is 28.8 Å². The highest BCUT2D eigenvalue weighted by Gasteiger charge is 1.98. The van der Waals surface area contributed by atoms with Crippen molar-refractivity contribution < 1.29 is 25.2 Å². The molecule has 5 nitrogen and oxygen atoms in total. The normalized spacial score (nSPS) is 11.7. The maximum Gasteiger partial charge on any atom is 0.178 e. The molecule has 0 aliphatic heterocycles. The van der Waals surface area contributed by atoms with Gasteiger partial charge in [0.1, 0.15) is 0 Å². The van der Waals surface area contributed by atoms with E-state index in [2.05, 4.69) is 0 Å². The summed E-state index contributed by atoms with van der Waals surface area (Å²) in [5.41, 5.74) is 1.26. The number of rotatable bonds is 5. The Balaban J connectivity index is 1.94. The van der Waals surface area contributed by atoms with Crippen molar-refractivity contribution in [3.8, 4) is 23.0 Å². The molecule has 0 unspecified atom stereocenters. The van der Waals surface area contributed by atoms with Gasteiger partial charge in [-0.2, -0.15) is 0 Å². The molecule has 0 radical (unpaired) electrons. The van der Waals surface area contributed by atoms with Crippen LogP contribution in [-0.4, -0.2) is 26.2 Å². The fourth-order valence-electron chi connectivity index (χ4n) is 1.84. The molecule has 0 amide bonds. The topological polar surface area (TPSA) is 98.0 Å². The summed E-state index contributed by atoms with van der Waals surface area (Å²) in [6.45, 7) is 0. The van der Waals surface area contributed by atoms with Crippen LogP contribution in [0.5, 0.6) is 23.0 Å². The second-order valence-corrected chi connectivity index (χ2v) is 4.95. The molecule has 0 fully saturated rings. The maximum absolute atomic E-state index is 11.7. The first-order valence-electron chi connectivity index (χ1n) is 7.06. The van der Waals surface area contributed by atoms with E-state index in [1.807, 2.05) is 0 Å². The van der Waals surface area contributed by atoms with Gasteiger partial charge in [0.2, 0.25) is 0 Å². The molecular formula is C19H16O5. The molecule has 24 heavy (non-hydrogen) atoms. The van der Waals surface area contributed by atoms with Gasteiger partial charge in [-0.05, 0) is 47.5 Å². The molecule has 0 saturated carbocycles. The van der Waals surface area contributed by atoms with Crippen molar-refractivity contribution in [3.63, 3.8) is 0 Å². The minimum absolute atomic E-state index is 0.191. The number of carbonyl (C=O) groups excluding carboxylic acids is 1. The average molecular weight is 324 g/mol. The Labute approximate surface area is 138 Å². The summed E-state index contributed by atoms with van der Waals surface area (Å²) >= 11 is 0. The Morgan fingerprint density at radius 3 is 1.75 bits per heavy atom. The van der Waals surface area contributed by atoms with Crippen LogP contribution in [0.15, 0.2) is 60.7 Å². The fraction of sp³-hybridized carbons (Fsp3) is 0. The summed E-state index contributed by atoms with van der Waals surface area (Å²) in [5, 5.41) is 37.1. The second kappa shape index (κ2) is 7.69. The lowest BCUT2D eigenvalue weighted by molar-refractivity contribution is -0.110. The first-order chi connectivity index (χ1) is 11.5. The molecule has 0 aliphatic carbocycles. The summed E-state index contributed by atoms with van der Waals surface area (Å²) in [6.07, 6.45) is 9.06. The van der Waals surface area contributed by atoms with Crippen molar-refractivity contribution in [2.75, 3.05) is 0 Å². The van der Waals surface area contributed by atoms with Gasteiger partial charge in [-0.1, -0.05) is 36.4 Å². The molecule has 0 aliphatic rings. The van der Waals surface area contributed by atoms with Crippen LogP contribution in [0.4, 0.5) is 0 Å². The first-order valence-corrected chi connectivity index (χ1v) is 7.06. The highest BCUT2D eigenvalue weighted by atomic mass is 16.3. The number of aromatic hydroxyl groups is 4. The molecular weight excluding hydrogens is 308 g/mol. The maximum atomic E-state index is 11.7. The molecule has 0 saturated heterocycles. The number of benzene rings is 2. The standard InChI is InChI=1S/C19H16O5/c20-15(8-5-14-7-10-17(22)19(24)12-14)4-2-1-3-13-6-9-16(21)18(23)11-13/h1-12,21-24H/b3-1+,4-2+,8-5+. The summed E-state index contributed by atoms with van der Waals surface area (Å²) in [7, 11) is 0. The van der Waals surface area contributed by atoms with Crippen LogP contribution in [-0.2, 0) is 4.79 Å². The number of phenolic OH excluding ortho intramolecular Hbond substituents is 4. The van der Waals surface area contributed by atoms with Crippen LogP contribution in [0.2, 0.25) is 0 Å². The van der Waals surface area contributed by atoms with Crippen LogP contribution in [0.1, 0.15) is 11.1 Å². The summed E-state index contributed by atoms with van der Waals surface area (Å²) in [4.78, 5) is 11.7. The van der Waals surface area contributed by atoms with Crippen LogP contribution < -0.4 is 0 Å². The average Bonchev–Trinajstić information content (AvgIpc) is 2.56. The lowest BCUT2D eigenvalue weighted by Crippen LogP contribution is -1.84. The van der Waals surface area contributed by atoms with Gasteiger partial charge in [-0.3, -0.25) is 4.79 Å². The number of allylic oxidation sites excluding steroid dienone is 4. The van der Waals surface area contributed by atoms with Gasteiger partial charge in [-0.15, -0.1) is 0 Å². The van der Waals surface area contributed by atoms with E-state index in [4.69, 9.17) is 0 Å². The molecule has 0 spiro atoms. The number of hydrogen-bond acceptors (Lipinski definition) is 5. The highest BCUT2D eigenvalue weighted by molar-refractivity contribution is 6.02. The number of hydrogen-bond donors (Lipinski definition) is 4. The SMILES string of the molecule is O=C(/C=C/C=C/c1ccc(O)c(O)c1)/C=C/c1ccc(O)c(O)c1. The lowest BCUT2D eigenvalue weighted by Gasteiger charge is -1.98. The van der Waals surface area contributed by atoms with E-state index in [9.17, 15) is 25.2 Å². The van der Waals surface area contributed by atoms with Gasteiger partial charge in [0.15, 0.2) is 28.8 Å². The van der Waals surface area contributed by atoms with E-state index in [1.165, 1.54) is 42.5 Å². The van der Waals surface area contributed by atoms with E-state index in [0.29, 0.717) is 11.1 Å². The molecule has 0 atom stereocenters. The molecule has 0 bridgehead atoms. The zero-order chi connectivity index (χ0) is 17.5. The molecule has 2 rings (SSSR count). The molecule has 0 aromatic heterocycles. The van der Waals surface area contributed by atoms with Gasteiger partial charge < -0.3 is 20.4 Å². The van der Waals surface area contributed by atoms with Crippen molar-refractivity contribution in [2.24, 2.45) is 0 Å². The van der Waals surface area contributed by atoms with E-state index < -0.39 is 0 Å². The Morgan fingerprint density at radius 2 is 1.21 bits per heavy atom. The third-order valence-electron chi connectivity index (χ3n) is 3.10. The summed E-state index contributed by atoms with van der Waals surface area (Å²) < 4.78 is 0. The highest BCUT2D eigenvalue weighted by Crippen LogP contribution is 2.26. The summed E-state index contributed by atoms with van der Waals surface area (Å²) in [5.74, 6) is -1.12. The predicted molar refractivity (Wildman–Crippen MR) is 91.8 cm³/mol. The van der Waals surface area contributed by atoms with Gasteiger partial charge in [0.25, 0.3) is 0 Å². The number of carbonyl (C=O) groups is 1. The van der Waals surface area contributed by atoms with Crippen LogP contribution in [0.25, 0.3) is 12.2 Å². The number of phenols is 4. The second-order valence-electron chi connectivity index (χ2n) is 4.95. The Morgan fingerprint density at radius 1 is 0.667 bits per heavy atom. The monoisotopic (exact) mass is 324 g/mol. The predicted octanol–water partition coefficient (Wildman–Crippen LogP) is 3.36. The molecule has 2 aromatic carbocycles. The molecule has 4 N–H and O–H groups in total. The minimum atomic E-state index is -0.250. The van der Waals surface area contributed by atoms with Gasteiger partial charge in [0, 0.05) is 0 Å². The van der Waals surface area contributed by atoms with Crippen LogP contribution in [0, 0.1) is 0 Å².